The van der Waals surface area contributed by atoms with E-state index in [9.17, 15) is 9.90 Å². The van der Waals surface area contributed by atoms with Crippen molar-refractivity contribution >= 4 is 6.03 Å². The maximum absolute atomic E-state index is 12.0. The fraction of sp³-hybridized carbons (Fsp3) is 0.917. The van der Waals surface area contributed by atoms with E-state index in [-0.39, 0.29) is 24.3 Å². The van der Waals surface area contributed by atoms with Crippen molar-refractivity contribution in [3.05, 3.63) is 0 Å². The molecule has 2 heterocycles. The number of amides is 2. The van der Waals surface area contributed by atoms with E-state index < -0.39 is 0 Å². The Balaban J connectivity index is 1.82. The maximum atomic E-state index is 12.0. The number of aliphatic hydroxyl groups is 1. The first-order valence-corrected chi connectivity index (χ1v) is 6.44. The molecule has 2 aliphatic rings. The van der Waals surface area contributed by atoms with Crippen LogP contribution in [0.4, 0.5) is 4.79 Å². The molecular formula is C12H22N2O3. The Bertz CT molecular complexity index is 279. The highest BCUT2D eigenvalue weighted by molar-refractivity contribution is 5.75. The van der Waals surface area contributed by atoms with Crippen LogP contribution in [-0.2, 0) is 4.74 Å². The van der Waals surface area contributed by atoms with Crippen molar-refractivity contribution in [3.8, 4) is 0 Å². The number of hydrogen-bond donors (Lipinski definition) is 2. The number of hydrogen-bond acceptors (Lipinski definition) is 3. The number of urea groups is 1. The van der Waals surface area contributed by atoms with Gasteiger partial charge in [-0.15, -0.1) is 0 Å². The van der Waals surface area contributed by atoms with Crippen LogP contribution < -0.4 is 5.32 Å². The van der Waals surface area contributed by atoms with Crippen molar-refractivity contribution < 1.29 is 14.6 Å². The van der Waals surface area contributed by atoms with Crippen LogP contribution in [0.5, 0.6) is 0 Å². The van der Waals surface area contributed by atoms with Crippen molar-refractivity contribution in [1.29, 1.82) is 0 Å². The molecule has 0 aromatic carbocycles. The molecule has 5 heteroatoms. The van der Waals surface area contributed by atoms with Gasteiger partial charge in [0.1, 0.15) is 0 Å². The Hall–Kier alpha value is -0.810. The van der Waals surface area contributed by atoms with Gasteiger partial charge in [0.15, 0.2) is 0 Å². The second-order valence-corrected chi connectivity index (χ2v) is 5.23. The third-order valence-electron chi connectivity index (χ3n) is 3.84. The van der Waals surface area contributed by atoms with Crippen LogP contribution in [0.25, 0.3) is 0 Å². The molecule has 5 nitrogen and oxygen atoms in total. The Kier molecular flexibility index (Phi) is 3.89. The molecule has 0 spiro atoms. The first kappa shape index (κ1) is 12.6. The number of ether oxygens (including phenoxy) is 1. The topological polar surface area (TPSA) is 61.8 Å². The highest BCUT2D eigenvalue weighted by Gasteiger charge is 2.39. The molecule has 2 N–H and O–H groups in total. The van der Waals surface area contributed by atoms with Crippen LogP contribution >= 0.6 is 0 Å². The molecule has 17 heavy (non-hydrogen) atoms. The molecule has 98 valence electrons. The van der Waals surface area contributed by atoms with Gasteiger partial charge >= 0.3 is 6.03 Å². The fourth-order valence-electron chi connectivity index (χ4n) is 2.64. The first-order valence-electron chi connectivity index (χ1n) is 6.44. The Morgan fingerprint density at radius 3 is 3.06 bits per heavy atom. The summed E-state index contributed by atoms with van der Waals surface area (Å²) in [4.78, 5) is 13.8. The average molecular weight is 242 g/mol. The van der Waals surface area contributed by atoms with Gasteiger partial charge in [-0.3, -0.25) is 0 Å². The van der Waals surface area contributed by atoms with Gasteiger partial charge in [0.2, 0.25) is 0 Å². The molecule has 2 fully saturated rings. The molecule has 0 unspecified atom stereocenters. The van der Waals surface area contributed by atoms with Crippen molar-refractivity contribution in [3.63, 3.8) is 0 Å². The van der Waals surface area contributed by atoms with E-state index in [4.69, 9.17) is 4.74 Å². The van der Waals surface area contributed by atoms with Crippen LogP contribution in [0, 0.1) is 0 Å². The van der Waals surface area contributed by atoms with Crippen molar-refractivity contribution in [2.45, 2.75) is 44.2 Å². The molecule has 2 rings (SSSR count). The number of carbonyl (C=O) groups excluding carboxylic acids is 1. The van der Waals surface area contributed by atoms with Crippen LogP contribution in [0.3, 0.4) is 0 Å². The van der Waals surface area contributed by atoms with Crippen LogP contribution in [0.2, 0.25) is 0 Å². The number of rotatable bonds is 3. The minimum Gasteiger partial charge on any atom is -0.394 e. The van der Waals surface area contributed by atoms with Gasteiger partial charge in [-0.2, -0.15) is 0 Å². The molecule has 2 saturated heterocycles. The van der Waals surface area contributed by atoms with E-state index in [0.717, 1.165) is 38.8 Å². The number of nitrogens with one attached hydrogen (secondary N) is 1. The zero-order valence-corrected chi connectivity index (χ0v) is 10.4. The van der Waals surface area contributed by atoms with Gasteiger partial charge in [0.05, 0.1) is 18.2 Å². The zero-order chi connectivity index (χ0) is 12.3. The Morgan fingerprint density at radius 1 is 1.59 bits per heavy atom. The predicted octanol–water partition coefficient (Wildman–Crippen LogP) is 0.722. The van der Waals surface area contributed by atoms with Gasteiger partial charge in [-0.1, -0.05) is 0 Å². The third kappa shape index (κ3) is 2.72. The van der Waals surface area contributed by atoms with Crippen LogP contribution in [-0.4, -0.2) is 54.0 Å². The third-order valence-corrected chi connectivity index (χ3v) is 3.84. The molecule has 0 bridgehead atoms. The normalized spacial score (nSPS) is 33.1. The molecule has 2 aliphatic heterocycles. The lowest BCUT2D eigenvalue weighted by molar-refractivity contribution is 0.0876. The summed E-state index contributed by atoms with van der Waals surface area (Å²) in [6.07, 6.45) is 4.11. The fourth-order valence-corrected chi connectivity index (χ4v) is 2.64. The minimum atomic E-state index is -0.388. The van der Waals surface area contributed by atoms with Crippen LogP contribution in [0.15, 0.2) is 0 Å². The molecule has 0 saturated carbocycles. The highest BCUT2D eigenvalue weighted by Crippen LogP contribution is 2.28. The van der Waals surface area contributed by atoms with Gasteiger partial charge in [-0.05, 0) is 32.6 Å². The lowest BCUT2D eigenvalue weighted by atomic mass is 10.0. The second-order valence-electron chi connectivity index (χ2n) is 5.23. The predicted molar refractivity (Wildman–Crippen MR) is 63.8 cm³/mol. The van der Waals surface area contributed by atoms with E-state index in [0.29, 0.717) is 6.54 Å². The Labute approximate surface area is 102 Å². The lowest BCUT2D eigenvalue weighted by Crippen LogP contribution is -2.52. The average Bonchev–Trinajstić information content (AvgIpc) is 2.95. The van der Waals surface area contributed by atoms with Crippen LogP contribution in [0.1, 0.15) is 32.6 Å². The van der Waals surface area contributed by atoms with E-state index in [2.05, 4.69) is 5.32 Å². The zero-order valence-electron chi connectivity index (χ0n) is 10.4. The van der Waals surface area contributed by atoms with E-state index in [1.165, 1.54) is 0 Å². The standard InChI is InChI=1S/C12H22N2O3/c1-12(9-15)5-3-6-14(12)11(16)13-8-10-4-2-7-17-10/h10,15H,2-9H2,1H3,(H,13,16)/t10-,12-/m0/s1. The second kappa shape index (κ2) is 5.23. The molecule has 0 radical (unpaired) electrons. The Morgan fingerprint density at radius 2 is 2.41 bits per heavy atom. The molecular weight excluding hydrogens is 220 g/mol. The summed E-state index contributed by atoms with van der Waals surface area (Å²) in [5.41, 5.74) is -0.388. The molecule has 0 aromatic rings. The van der Waals surface area contributed by atoms with E-state index in [1.54, 1.807) is 4.90 Å². The molecule has 2 atom stereocenters. The van der Waals surface area contributed by atoms with E-state index >= 15 is 0 Å². The number of carbonyl (C=O) groups is 1. The van der Waals surface area contributed by atoms with Crippen molar-refractivity contribution in [1.82, 2.24) is 10.2 Å². The molecule has 2 amide bonds. The molecule has 0 aliphatic carbocycles. The van der Waals surface area contributed by atoms with Crippen molar-refractivity contribution in [2.24, 2.45) is 0 Å². The van der Waals surface area contributed by atoms with Gasteiger partial charge in [-0.25, -0.2) is 4.79 Å². The summed E-state index contributed by atoms with van der Waals surface area (Å²) in [5, 5.41) is 12.3. The quantitative estimate of drug-likeness (QED) is 0.766. The number of nitrogens with zero attached hydrogens (tertiary/aromatic N) is 1. The summed E-state index contributed by atoms with van der Waals surface area (Å²) in [6.45, 7) is 4.08. The summed E-state index contributed by atoms with van der Waals surface area (Å²) in [7, 11) is 0. The van der Waals surface area contributed by atoms with E-state index in [1.807, 2.05) is 6.92 Å². The number of likely N-dealkylation sites (tertiary alicyclic amines) is 1. The smallest absolute Gasteiger partial charge is 0.318 e. The van der Waals surface area contributed by atoms with Gasteiger partial charge in [0.25, 0.3) is 0 Å². The summed E-state index contributed by atoms with van der Waals surface area (Å²) in [5.74, 6) is 0. The SMILES string of the molecule is C[C@@]1(CO)CCCN1C(=O)NC[C@@H]1CCCO1. The van der Waals surface area contributed by atoms with Gasteiger partial charge in [0, 0.05) is 19.7 Å². The first-order chi connectivity index (χ1) is 8.15. The van der Waals surface area contributed by atoms with Gasteiger partial charge < -0.3 is 20.1 Å². The minimum absolute atomic E-state index is 0.0281. The number of aliphatic hydroxyl groups excluding tert-OH is 1. The molecule has 0 aromatic heterocycles. The largest absolute Gasteiger partial charge is 0.394 e. The lowest BCUT2D eigenvalue weighted by Gasteiger charge is -2.33. The highest BCUT2D eigenvalue weighted by atomic mass is 16.5. The monoisotopic (exact) mass is 242 g/mol. The van der Waals surface area contributed by atoms with Crippen molar-refractivity contribution in [2.75, 3.05) is 26.3 Å². The summed E-state index contributed by atoms with van der Waals surface area (Å²) < 4.78 is 5.46. The maximum Gasteiger partial charge on any atom is 0.318 e. The summed E-state index contributed by atoms with van der Waals surface area (Å²) >= 11 is 0. The summed E-state index contributed by atoms with van der Waals surface area (Å²) in [6, 6.07) is -0.0745.